The quantitative estimate of drug-likeness (QED) is 0.760. The second-order valence-corrected chi connectivity index (χ2v) is 5.53. The lowest BCUT2D eigenvalue weighted by molar-refractivity contribution is -0.123. The van der Waals surface area contributed by atoms with E-state index in [9.17, 15) is 4.79 Å². The maximum Gasteiger partial charge on any atom is 0.258 e. The first-order chi connectivity index (χ1) is 11.1. The highest BCUT2D eigenvalue weighted by Gasteiger charge is 2.03. The number of carbonyl (C=O) groups is 1. The number of amides is 1. The average molecular weight is 313 g/mol. The van der Waals surface area contributed by atoms with Gasteiger partial charge < -0.3 is 14.8 Å². The van der Waals surface area contributed by atoms with Crippen LogP contribution in [0.2, 0.25) is 0 Å². The fraction of sp³-hybridized carbons (Fsp3) is 0.316. The normalized spacial score (nSPS) is 10.4. The second kappa shape index (κ2) is 8.83. The molecule has 2 aromatic carbocycles. The molecule has 0 spiro atoms. The van der Waals surface area contributed by atoms with E-state index in [-0.39, 0.29) is 12.5 Å². The zero-order valence-electron chi connectivity index (χ0n) is 13.6. The number of hydrogen-bond donors (Lipinski definition) is 1. The fourth-order valence-electron chi connectivity index (χ4n) is 2.04. The van der Waals surface area contributed by atoms with Crippen molar-refractivity contribution in [3.63, 3.8) is 0 Å². The van der Waals surface area contributed by atoms with E-state index in [4.69, 9.17) is 9.47 Å². The summed E-state index contributed by atoms with van der Waals surface area (Å²) in [6, 6.07) is 17.3. The summed E-state index contributed by atoms with van der Waals surface area (Å²) in [5.74, 6) is 1.82. The van der Waals surface area contributed by atoms with Crippen LogP contribution in [0.15, 0.2) is 54.6 Å². The van der Waals surface area contributed by atoms with Crippen molar-refractivity contribution in [2.24, 2.45) is 0 Å². The van der Waals surface area contributed by atoms with Gasteiger partial charge >= 0.3 is 0 Å². The van der Waals surface area contributed by atoms with E-state index in [1.54, 1.807) is 0 Å². The number of hydrogen-bond acceptors (Lipinski definition) is 3. The highest BCUT2D eigenvalue weighted by molar-refractivity contribution is 5.77. The molecule has 4 heteroatoms. The third kappa shape index (κ3) is 6.02. The van der Waals surface area contributed by atoms with Crippen LogP contribution in [-0.2, 0) is 4.79 Å². The molecule has 0 heterocycles. The van der Waals surface area contributed by atoms with Crippen LogP contribution in [0.3, 0.4) is 0 Å². The van der Waals surface area contributed by atoms with Crippen molar-refractivity contribution in [1.29, 1.82) is 0 Å². The highest BCUT2D eigenvalue weighted by Crippen LogP contribution is 2.19. The lowest BCUT2D eigenvalue weighted by Crippen LogP contribution is -2.32. The molecule has 2 rings (SSSR count). The topological polar surface area (TPSA) is 47.6 Å². The van der Waals surface area contributed by atoms with Crippen LogP contribution in [0.4, 0.5) is 0 Å². The molecule has 0 atom stereocenters. The van der Waals surface area contributed by atoms with Gasteiger partial charge in [-0.3, -0.25) is 4.79 Å². The first kappa shape index (κ1) is 16.9. The minimum absolute atomic E-state index is 0.00679. The van der Waals surface area contributed by atoms with Crippen LogP contribution in [0, 0.1) is 0 Å². The van der Waals surface area contributed by atoms with Crippen molar-refractivity contribution in [3.8, 4) is 11.5 Å². The van der Waals surface area contributed by atoms with Gasteiger partial charge in [-0.1, -0.05) is 44.2 Å². The maximum absolute atomic E-state index is 11.7. The van der Waals surface area contributed by atoms with Gasteiger partial charge in [0.25, 0.3) is 5.91 Å². The Bertz CT molecular complexity index is 611. The highest BCUT2D eigenvalue weighted by atomic mass is 16.5. The molecule has 0 aliphatic heterocycles. The molecule has 0 saturated carbocycles. The van der Waals surface area contributed by atoms with Gasteiger partial charge in [-0.25, -0.2) is 0 Å². The molecule has 0 unspecified atom stereocenters. The molecule has 23 heavy (non-hydrogen) atoms. The van der Waals surface area contributed by atoms with Crippen LogP contribution in [-0.4, -0.2) is 25.7 Å². The van der Waals surface area contributed by atoms with Crippen molar-refractivity contribution in [2.75, 3.05) is 19.8 Å². The molecule has 0 bridgehead atoms. The van der Waals surface area contributed by atoms with Gasteiger partial charge in [0.15, 0.2) is 6.61 Å². The first-order valence-corrected chi connectivity index (χ1v) is 7.82. The van der Waals surface area contributed by atoms with Gasteiger partial charge in [0.05, 0.1) is 6.54 Å². The predicted octanol–water partition coefficient (Wildman–Crippen LogP) is 3.38. The van der Waals surface area contributed by atoms with Gasteiger partial charge in [-0.2, -0.15) is 0 Å². The summed E-state index contributed by atoms with van der Waals surface area (Å²) in [5, 5.41) is 2.77. The first-order valence-electron chi connectivity index (χ1n) is 7.82. The minimum atomic E-state index is -0.159. The van der Waals surface area contributed by atoms with E-state index in [2.05, 4.69) is 25.2 Å². The van der Waals surface area contributed by atoms with Crippen molar-refractivity contribution in [1.82, 2.24) is 5.32 Å². The van der Waals surface area contributed by atoms with Crippen LogP contribution >= 0.6 is 0 Å². The Hall–Kier alpha value is -2.49. The summed E-state index contributed by atoms with van der Waals surface area (Å²) in [7, 11) is 0. The van der Waals surface area contributed by atoms with Gasteiger partial charge in [0, 0.05) is 0 Å². The molecule has 4 nitrogen and oxygen atoms in total. The van der Waals surface area contributed by atoms with Crippen LogP contribution in [0.5, 0.6) is 11.5 Å². The molecule has 1 N–H and O–H groups in total. The lowest BCUT2D eigenvalue weighted by atomic mass is 10.0. The summed E-state index contributed by atoms with van der Waals surface area (Å²) >= 11 is 0. The summed E-state index contributed by atoms with van der Waals surface area (Å²) in [6.07, 6.45) is 0. The van der Waals surface area contributed by atoms with Crippen LogP contribution < -0.4 is 14.8 Å². The smallest absolute Gasteiger partial charge is 0.258 e. The zero-order chi connectivity index (χ0) is 16.5. The fourth-order valence-corrected chi connectivity index (χ4v) is 2.04. The Morgan fingerprint density at radius 3 is 2.48 bits per heavy atom. The third-order valence-corrected chi connectivity index (χ3v) is 3.33. The molecule has 0 aliphatic carbocycles. The molecular formula is C19H23NO3. The van der Waals surface area contributed by atoms with E-state index in [1.165, 1.54) is 5.56 Å². The Labute approximate surface area is 137 Å². The van der Waals surface area contributed by atoms with Gasteiger partial charge in [-0.15, -0.1) is 0 Å². The van der Waals surface area contributed by atoms with E-state index in [0.717, 1.165) is 5.75 Å². The lowest BCUT2D eigenvalue weighted by Gasteiger charge is -2.11. The molecule has 122 valence electrons. The number of carbonyl (C=O) groups excluding carboxylic acids is 1. The number of ether oxygens (including phenoxy) is 2. The SMILES string of the molecule is CC(C)c1cccc(OCCNC(=O)COc2ccccc2)c1. The second-order valence-electron chi connectivity index (χ2n) is 5.53. The van der Waals surface area contributed by atoms with Crippen LogP contribution in [0.25, 0.3) is 0 Å². The third-order valence-electron chi connectivity index (χ3n) is 3.33. The molecule has 0 aliphatic rings. The van der Waals surface area contributed by atoms with Gasteiger partial charge in [0.1, 0.15) is 18.1 Å². The average Bonchev–Trinajstić information content (AvgIpc) is 2.58. The summed E-state index contributed by atoms with van der Waals surface area (Å²) in [4.78, 5) is 11.7. The molecule has 0 aromatic heterocycles. The van der Waals surface area contributed by atoms with Gasteiger partial charge in [-0.05, 0) is 35.7 Å². The summed E-state index contributed by atoms with van der Waals surface area (Å²) in [5.41, 5.74) is 1.24. The Morgan fingerprint density at radius 2 is 1.74 bits per heavy atom. The molecule has 0 radical (unpaired) electrons. The number of nitrogens with one attached hydrogen (secondary N) is 1. The predicted molar refractivity (Wildman–Crippen MR) is 91.0 cm³/mol. The van der Waals surface area contributed by atoms with Gasteiger partial charge in [0.2, 0.25) is 0 Å². The van der Waals surface area contributed by atoms with E-state index in [0.29, 0.717) is 24.8 Å². The Morgan fingerprint density at radius 1 is 1.00 bits per heavy atom. The van der Waals surface area contributed by atoms with Crippen molar-refractivity contribution >= 4 is 5.91 Å². The molecular weight excluding hydrogens is 290 g/mol. The molecule has 1 amide bonds. The Kier molecular flexibility index (Phi) is 6.48. The van der Waals surface area contributed by atoms with E-state index >= 15 is 0 Å². The van der Waals surface area contributed by atoms with Crippen molar-refractivity contribution in [3.05, 3.63) is 60.2 Å². The monoisotopic (exact) mass is 313 g/mol. The summed E-state index contributed by atoms with van der Waals surface area (Å²) < 4.78 is 11.0. The van der Waals surface area contributed by atoms with Crippen molar-refractivity contribution < 1.29 is 14.3 Å². The molecule has 0 fully saturated rings. The minimum Gasteiger partial charge on any atom is -0.492 e. The van der Waals surface area contributed by atoms with E-state index < -0.39 is 0 Å². The number of rotatable bonds is 8. The molecule has 0 saturated heterocycles. The zero-order valence-corrected chi connectivity index (χ0v) is 13.6. The standard InChI is InChI=1S/C19H23NO3/c1-15(2)16-7-6-10-18(13-16)22-12-11-20-19(21)14-23-17-8-4-3-5-9-17/h3-10,13,15H,11-12,14H2,1-2H3,(H,20,21). The number of benzene rings is 2. The van der Waals surface area contributed by atoms with Crippen molar-refractivity contribution in [2.45, 2.75) is 19.8 Å². The molecule has 2 aromatic rings. The maximum atomic E-state index is 11.7. The van der Waals surface area contributed by atoms with Crippen LogP contribution in [0.1, 0.15) is 25.3 Å². The Balaban J connectivity index is 1.65. The number of para-hydroxylation sites is 1. The van der Waals surface area contributed by atoms with E-state index in [1.807, 2.05) is 48.5 Å². The largest absolute Gasteiger partial charge is 0.492 e. The summed E-state index contributed by atoms with van der Waals surface area (Å²) in [6.45, 7) is 5.17.